The van der Waals surface area contributed by atoms with Crippen molar-refractivity contribution in [3.63, 3.8) is 0 Å². The normalized spacial score (nSPS) is 15.1. The highest BCUT2D eigenvalue weighted by molar-refractivity contribution is 7.89. The first-order chi connectivity index (χ1) is 15.3. The van der Waals surface area contributed by atoms with E-state index in [2.05, 4.69) is 14.9 Å². The number of benzene rings is 2. The summed E-state index contributed by atoms with van der Waals surface area (Å²) in [6.45, 7) is 7.59. The molecule has 168 valence electrons. The molecular formula is C24H28N4O3S. The van der Waals surface area contributed by atoms with Gasteiger partial charge in [-0.05, 0) is 44.0 Å². The predicted octanol–water partition coefficient (Wildman–Crippen LogP) is 3.59. The summed E-state index contributed by atoms with van der Waals surface area (Å²) in [7, 11) is -2.16. The van der Waals surface area contributed by atoms with Crippen LogP contribution in [-0.4, -0.2) is 56.0 Å². The highest BCUT2D eigenvalue weighted by atomic mass is 32.2. The Kier molecular flexibility index (Phi) is 6.17. The van der Waals surface area contributed by atoms with Crippen molar-refractivity contribution in [3.05, 3.63) is 65.5 Å². The molecule has 1 aliphatic rings. The first-order valence-corrected chi connectivity index (χ1v) is 12.0. The topological polar surface area (TPSA) is 75.6 Å². The van der Waals surface area contributed by atoms with Gasteiger partial charge in [0.25, 0.3) is 0 Å². The maximum Gasteiger partial charge on any atom is 0.246 e. The van der Waals surface area contributed by atoms with E-state index in [4.69, 9.17) is 4.74 Å². The number of hydrogen-bond acceptors (Lipinski definition) is 6. The fourth-order valence-electron chi connectivity index (χ4n) is 3.89. The Morgan fingerprint density at radius 3 is 2.19 bits per heavy atom. The standard InChI is InChI=1S/C24H28N4O3S/c1-17-14-22(31-4)23(15-18(17)2)32(29,30)28-12-10-27(11-13-28)24-16-21(25-19(3)26-24)20-8-6-5-7-9-20/h5-9,14-16H,10-13H2,1-4H3. The van der Waals surface area contributed by atoms with Gasteiger partial charge in [-0.2, -0.15) is 4.31 Å². The molecule has 0 saturated carbocycles. The molecule has 1 aromatic heterocycles. The van der Waals surface area contributed by atoms with E-state index in [1.54, 1.807) is 12.1 Å². The van der Waals surface area contributed by atoms with Crippen molar-refractivity contribution in [1.29, 1.82) is 0 Å². The summed E-state index contributed by atoms with van der Waals surface area (Å²) >= 11 is 0. The minimum Gasteiger partial charge on any atom is -0.495 e. The predicted molar refractivity (Wildman–Crippen MR) is 126 cm³/mol. The molecule has 0 N–H and O–H groups in total. The summed E-state index contributed by atoms with van der Waals surface area (Å²) in [6, 6.07) is 15.4. The zero-order chi connectivity index (χ0) is 22.9. The summed E-state index contributed by atoms with van der Waals surface area (Å²) in [5.41, 5.74) is 3.82. The number of rotatable bonds is 5. The van der Waals surface area contributed by atoms with Gasteiger partial charge in [-0.15, -0.1) is 0 Å². The van der Waals surface area contributed by atoms with Gasteiger partial charge >= 0.3 is 0 Å². The van der Waals surface area contributed by atoms with Crippen molar-refractivity contribution in [2.24, 2.45) is 0 Å². The van der Waals surface area contributed by atoms with Crippen LogP contribution in [0.4, 0.5) is 5.82 Å². The van der Waals surface area contributed by atoms with Crippen molar-refractivity contribution in [2.45, 2.75) is 25.7 Å². The Morgan fingerprint density at radius 1 is 0.875 bits per heavy atom. The second-order valence-electron chi connectivity index (χ2n) is 8.00. The maximum atomic E-state index is 13.4. The lowest BCUT2D eigenvalue weighted by atomic mass is 10.1. The molecule has 1 aliphatic heterocycles. The van der Waals surface area contributed by atoms with Crippen LogP contribution in [0.1, 0.15) is 17.0 Å². The Hall–Kier alpha value is -2.97. The Bertz CT molecular complexity index is 1220. The molecule has 32 heavy (non-hydrogen) atoms. The van der Waals surface area contributed by atoms with E-state index < -0.39 is 10.0 Å². The van der Waals surface area contributed by atoms with Crippen molar-refractivity contribution in [2.75, 3.05) is 38.2 Å². The van der Waals surface area contributed by atoms with Gasteiger partial charge in [0.2, 0.25) is 10.0 Å². The van der Waals surface area contributed by atoms with Gasteiger partial charge in [0.1, 0.15) is 22.3 Å². The van der Waals surface area contributed by atoms with Crippen LogP contribution in [0.5, 0.6) is 5.75 Å². The molecule has 2 aromatic carbocycles. The van der Waals surface area contributed by atoms with E-state index in [-0.39, 0.29) is 4.90 Å². The first kappa shape index (κ1) is 22.2. The Balaban J connectivity index is 1.55. The summed E-state index contributed by atoms with van der Waals surface area (Å²) < 4.78 is 33.7. The van der Waals surface area contributed by atoms with Gasteiger partial charge in [-0.1, -0.05) is 30.3 Å². The maximum absolute atomic E-state index is 13.4. The molecule has 0 amide bonds. The van der Waals surface area contributed by atoms with E-state index in [1.807, 2.05) is 57.2 Å². The number of anilines is 1. The molecule has 7 nitrogen and oxygen atoms in total. The second-order valence-corrected chi connectivity index (χ2v) is 9.91. The Morgan fingerprint density at radius 2 is 1.53 bits per heavy atom. The number of piperazine rings is 1. The van der Waals surface area contributed by atoms with Gasteiger partial charge in [0, 0.05) is 37.8 Å². The molecule has 0 radical (unpaired) electrons. The molecule has 0 aliphatic carbocycles. The number of methoxy groups -OCH3 is 1. The van der Waals surface area contributed by atoms with Crippen molar-refractivity contribution in [1.82, 2.24) is 14.3 Å². The van der Waals surface area contributed by atoms with E-state index >= 15 is 0 Å². The molecule has 1 saturated heterocycles. The number of aryl methyl sites for hydroxylation is 3. The second kappa shape index (κ2) is 8.88. The molecule has 4 rings (SSSR count). The van der Waals surface area contributed by atoms with Crippen LogP contribution in [0.15, 0.2) is 53.4 Å². The largest absolute Gasteiger partial charge is 0.495 e. The van der Waals surface area contributed by atoms with Crippen LogP contribution in [0.3, 0.4) is 0 Å². The molecule has 8 heteroatoms. The van der Waals surface area contributed by atoms with Gasteiger partial charge in [-0.25, -0.2) is 18.4 Å². The SMILES string of the molecule is COc1cc(C)c(C)cc1S(=O)(=O)N1CCN(c2cc(-c3ccccc3)nc(C)n2)CC1. The number of nitrogens with zero attached hydrogens (tertiary/aromatic N) is 4. The van der Waals surface area contributed by atoms with E-state index in [1.165, 1.54) is 11.4 Å². The summed E-state index contributed by atoms with van der Waals surface area (Å²) in [6.07, 6.45) is 0. The third-order valence-electron chi connectivity index (χ3n) is 5.85. The summed E-state index contributed by atoms with van der Waals surface area (Å²) in [5, 5.41) is 0. The van der Waals surface area contributed by atoms with Crippen molar-refractivity contribution < 1.29 is 13.2 Å². The lowest BCUT2D eigenvalue weighted by Crippen LogP contribution is -2.49. The van der Waals surface area contributed by atoms with Crippen molar-refractivity contribution in [3.8, 4) is 17.0 Å². The summed E-state index contributed by atoms with van der Waals surface area (Å²) in [5.74, 6) is 1.89. The van der Waals surface area contributed by atoms with Gasteiger partial charge in [0.15, 0.2) is 0 Å². The highest BCUT2D eigenvalue weighted by Crippen LogP contribution is 2.31. The fraction of sp³-hybridized carbons (Fsp3) is 0.333. The quantitative estimate of drug-likeness (QED) is 0.589. The van der Waals surface area contributed by atoms with Crippen molar-refractivity contribution >= 4 is 15.8 Å². The van der Waals surface area contributed by atoms with Crippen LogP contribution in [-0.2, 0) is 10.0 Å². The van der Waals surface area contributed by atoms with Crippen LogP contribution in [0, 0.1) is 20.8 Å². The van der Waals surface area contributed by atoms with Gasteiger partial charge < -0.3 is 9.64 Å². The lowest BCUT2D eigenvalue weighted by molar-refractivity contribution is 0.373. The van der Waals surface area contributed by atoms with Gasteiger partial charge in [-0.3, -0.25) is 0 Å². The zero-order valence-electron chi connectivity index (χ0n) is 18.9. The van der Waals surface area contributed by atoms with Crippen LogP contribution >= 0.6 is 0 Å². The Labute approximate surface area is 189 Å². The monoisotopic (exact) mass is 452 g/mol. The average molecular weight is 453 g/mol. The van der Waals surface area contributed by atoms with E-state index in [0.717, 1.165) is 28.2 Å². The molecule has 0 atom stereocenters. The third-order valence-corrected chi connectivity index (χ3v) is 7.77. The fourth-order valence-corrected chi connectivity index (χ4v) is 5.54. The number of aromatic nitrogens is 2. The molecule has 0 spiro atoms. The zero-order valence-corrected chi connectivity index (χ0v) is 19.7. The third kappa shape index (κ3) is 4.33. The molecule has 3 aromatic rings. The minimum atomic E-state index is -3.66. The van der Waals surface area contributed by atoms with E-state index in [9.17, 15) is 8.42 Å². The van der Waals surface area contributed by atoms with Crippen LogP contribution in [0.25, 0.3) is 11.3 Å². The molecule has 0 unspecified atom stereocenters. The minimum absolute atomic E-state index is 0.223. The van der Waals surface area contributed by atoms with Crippen LogP contribution in [0.2, 0.25) is 0 Å². The smallest absolute Gasteiger partial charge is 0.246 e. The summed E-state index contributed by atoms with van der Waals surface area (Å²) in [4.78, 5) is 11.5. The highest BCUT2D eigenvalue weighted by Gasteiger charge is 2.31. The average Bonchev–Trinajstić information content (AvgIpc) is 2.80. The molecule has 2 heterocycles. The number of hydrogen-bond donors (Lipinski definition) is 0. The van der Waals surface area contributed by atoms with E-state index in [0.29, 0.717) is 37.8 Å². The lowest BCUT2D eigenvalue weighted by Gasteiger charge is -2.35. The number of sulfonamides is 1. The first-order valence-electron chi connectivity index (χ1n) is 10.6. The molecule has 1 fully saturated rings. The molecule has 0 bridgehead atoms. The van der Waals surface area contributed by atoms with Gasteiger partial charge in [0.05, 0.1) is 12.8 Å². The van der Waals surface area contributed by atoms with Crippen LogP contribution < -0.4 is 9.64 Å². The molecular weight excluding hydrogens is 424 g/mol. The number of ether oxygens (including phenoxy) is 1.